The van der Waals surface area contributed by atoms with Crippen molar-refractivity contribution in [2.75, 3.05) is 12.4 Å². The van der Waals surface area contributed by atoms with Crippen molar-refractivity contribution in [2.45, 2.75) is 13.8 Å². The summed E-state index contributed by atoms with van der Waals surface area (Å²) >= 11 is 0. The molecule has 24 heavy (non-hydrogen) atoms. The predicted molar refractivity (Wildman–Crippen MR) is 93.8 cm³/mol. The number of hydrogen-bond donors (Lipinski definition) is 2. The second-order valence-corrected chi connectivity index (χ2v) is 5.58. The molecule has 0 aliphatic carbocycles. The van der Waals surface area contributed by atoms with Crippen molar-refractivity contribution in [3.63, 3.8) is 0 Å². The van der Waals surface area contributed by atoms with Gasteiger partial charge in [0.1, 0.15) is 5.75 Å². The van der Waals surface area contributed by atoms with Gasteiger partial charge in [-0.1, -0.05) is 6.07 Å². The average molecular weight is 322 g/mol. The number of hydrogen-bond acceptors (Lipinski definition) is 5. The van der Waals surface area contributed by atoms with E-state index in [9.17, 15) is 4.79 Å². The molecule has 0 aliphatic heterocycles. The molecule has 0 atom stereocenters. The number of nitrogens with one attached hydrogen (secondary N) is 2. The Morgan fingerprint density at radius 3 is 2.25 bits per heavy atom. The minimum absolute atomic E-state index is 0.267. The number of methoxy groups -OCH3 is 1. The van der Waals surface area contributed by atoms with E-state index < -0.39 is 0 Å². The molecule has 0 aliphatic rings. The van der Waals surface area contributed by atoms with E-state index in [0.29, 0.717) is 11.5 Å². The number of nitrogens with zero attached hydrogens (tertiary/aromatic N) is 2. The van der Waals surface area contributed by atoms with Crippen LogP contribution in [0.1, 0.15) is 11.1 Å². The first kappa shape index (κ1) is 15.7. The minimum atomic E-state index is -0.304. The molecule has 0 spiro atoms. The molecule has 0 bridgehead atoms. The second kappa shape index (κ2) is 6.54. The molecule has 0 unspecified atom stereocenters. The Kier molecular flexibility index (Phi) is 4.29. The fourth-order valence-electron chi connectivity index (χ4n) is 2.51. The number of anilines is 2. The molecule has 0 saturated carbocycles. The van der Waals surface area contributed by atoms with E-state index in [4.69, 9.17) is 4.74 Å². The maximum absolute atomic E-state index is 12.3. The molecular formula is C18H18N4O2. The largest absolute Gasteiger partial charge is 0.497 e. The van der Waals surface area contributed by atoms with E-state index in [-0.39, 0.29) is 11.3 Å². The Balaban J connectivity index is 1.87. The molecular weight excluding hydrogens is 304 g/mol. The van der Waals surface area contributed by atoms with E-state index in [0.717, 1.165) is 22.6 Å². The van der Waals surface area contributed by atoms with Gasteiger partial charge in [0, 0.05) is 11.3 Å². The van der Waals surface area contributed by atoms with Crippen molar-refractivity contribution in [3.05, 3.63) is 63.9 Å². The third-order valence-corrected chi connectivity index (χ3v) is 3.54. The summed E-state index contributed by atoms with van der Waals surface area (Å²) in [6.07, 6.45) is 0. The zero-order chi connectivity index (χ0) is 17.1. The van der Waals surface area contributed by atoms with Crippen LogP contribution in [-0.4, -0.2) is 22.3 Å². The molecule has 1 heterocycles. The smallest absolute Gasteiger partial charge is 0.279 e. The molecule has 1 aromatic heterocycles. The van der Waals surface area contributed by atoms with Crippen molar-refractivity contribution in [3.8, 4) is 17.0 Å². The molecule has 2 N–H and O–H groups in total. The van der Waals surface area contributed by atoms with E-state index in [1.54, 1.807) is 31.4 Å². The summed E-state index contributed by atoms with van der Waals surface area (Å²) in [6.45, 7) is 4.03. The Bertz CT molecular complexity index is 897. The van der Waals surface area contributed by atoms with Crippen molar-refractivity contribution < 1.29 is 4.74 Å². The lowest BCUT2D eigenvalue weighted by atomic mass is 10.1. The fraction of sp³-hybridized carbons (Fsp3) is 0.167. The van der Waals surface area contributed by atoms with Crippen LogP contribution in [0.4, 0.5) is 11.6 Å². The molecule has 0 radical (unpaired) electrons. The molecule has 2 aromatic carbocycles. The summed E-state index contributed by atoms with van der Waals surface area (Å²) < 4.78 is 5.11. The van der Waals surface area contributed by atoms with Crippen LogP contribution in [0.5, 0.6) is 5.75 Å². The highest BCUT2D eigenvalue weighted by Gasteiger charge is 2.08. The normalized spacial score (nSPS) is 10.5. The van der Waals surface area contributed by atoms with Crippen LogP contribution in [0.2, 0.25) is 0 Å². The molecule has 6 nitrogen and oxygen atoms in total. The van der Waals surface area contributed by atoms with Gasteiger partial charge in [-0.3, -0.25) is 9.78 Å². The summed E-state index contributed by atoms with van der Waals surface area (Å²) in [6, 6.07) is 13.1. The first-order chi connectivity index (χ1) is 11.5. The quantitative estimate of drug-likeness (QED) is 0.771. The zero-order valence-corrected chi connectivity index (χ0v) is 13.8. The highest BCUT2D eigenvalue weighted by molar-refractivity contribution is 5.60. The zero-order valence-electron chi connectivity index (χ0n) is 13.8. The van der Waals surface area contributed by atoms with Gasteiger partial charge < -0.3 is 10.1 Å². The van der Waals surface area contributed by atoms with Crippen molar-refractivity contribution in [1.29, 1.82) is 0 Å². The second-order valence-electron chi connectivity index (χ2n) is 5.58. The molecule has 0 fully saturated rings. The number of aromatic nitrogens is 3. The van der Waals surface area contributed by atoms with Crippen LogP contribution in [0.15, 0.2) is 47.3 Å². The van der Waals surface area contributed by atoms with E-state index in [1.807, 2.05) is 26.0 Å². The molecule has 3 rings (SSSR count). The summed E-state index contributed by atoms with van der Waals surface area (Å²) in [4.78, 5) is 15.0. The SMILES string of the molecule is COc1ccc(-c2nnc(Nc3cc(C)cc(C)c3)[nH]c2=O)cc1. The number of ether oxygens (including phenoxy) is 1. The first-order valence-corrected chi connectivity index (χ1v) is 7.52. The third-order valence-electron chi connectivity index (χ3n) is 3.54. The Labute approximate surface area is 139 Å². The number of aromatic amines is 1. The van der Waals surface area contributed by atoms with Gasteiger partial charge in [0.05, 0.1) is 7.11 Å². The van der Waals surface area contributed by atoms with Crippen LogP contribution in [0.25, 0.3) is 11.3 Å². The van der Waals surface area contributed by atoms with Crippen molar-refractivity contribution >= 4 is 11.6 Å². The van der Waals surface area contributed by atoms with E-state index >= 15 is 0 Å². The molecule has 3 aromatic rings. The molecule has 0 saturated heterocycles. The molecule has 122 valence electrons. The van der Waals surface area contributed by atoms with E-state index in [2.05, 4.69) is 26.6 Å². The Morgan fingerprint density at radius 1 is 1.00 bits per heavy atom. The highest BCUT2D eigenvalue weighted by Crippen LogP contribution is 2.19. The maximum atomic E-state index is 12.3. The lowest BCUT2D eigenvalue weighted by Gasteiger charge is -2.08. The van der Waals surface area contributed by atoms with E-state index in [1.165, 1.54) is 0 Å². The van der Waals surface area contributed by atoms with Crippen LogP contribution in [0.3, 0.4) is 0 Å². The summed E-state index contributed by atoms with van der Waals surface area (Å²) in [5, 5.41) is 11.2. The fourth-order valence-corrected chi connectivity index (χ4v) is 2.51. The molecule has 6 heteroatoms. The summed E-state index contributed by atoms with van der Waals surface area (Å²) in [5.74, 6) is 1.03. The number of H-pyrrole nitrogens is 1. The average Bonchev–Trinajstić information content (AvgIpc) is 2.54. The van der Waals surface area contributed by atoms with Crippen molar-refractivity contribution in [1.82, 2.24) is 15.2 Å². The summed E-state index contributed by atoms with van der Waals surface area (Å²) in [5.41, 5.74) is 3.76. The summed E-state index contributed by atoms with van der Waals surface area (Å²) in [7, 11) is 1.59. The standard InChI is InChI=1S/C18H18N4O2/c1-11-8-12(2)10-14(9-11)19-18-20-17(23)16(21-22-18)13-4-6-15(24-3)7-5-13/h4-10H,1-3H3,(H2,19,20,22,23). The van der Waals surface area contributed by atoms with Gasteiger partial charge in [-0.05, 0) is 61.4 Å². The van der Waals surface area contributed by atoms with Crippen LogP contribution in [-0.2, 0) is 0 Å². The first-order valence-electron chi connectivity index (χ1n) is 7.52. The van der Waals surface area contributed by atoms with Gasteiger partial charge >= 0.3 is 0 Å². The maximum Gasteiger partial charge on any atom is 0.279 e. The van der Waals surface area contributed by atoms with Gasteiger partial charge in [0.15, 0.2) is 5.69 Å². The number of aryl methyl sites for hydroxylation is 2. The monoisotopic (exact) mass is 322 g/mol. The van der Waals surface area contributed by atoms with Gasteiger partial charge in [-0.25, -0.2) is 0 Å². The topological polar surface area (TPSA) is 79.9 Å². The molecule has 0 amide bonds. The lowest BCUT2D eigenvalue weighted by molar-refractivity contribution is 0.415. The number of benzene rings is 2. The highest BCUT2D eigenvalue weighted by atomic mass is 16.5. The van der Waals surface area contributed by atoms with Crippen LogP contribution in [0, 0.1) is 13.8 Å². The van der Waals surface area contributed by atoms with Crippen LogP contribution >= 0.6 is 0 Å². The minimum Gasteiger partial charge on any atom is -0.497 e. The van der Waals surface area contributed by atoms with Crippen molar-refractivity contribution in [2.24, 2.45) is 0 Å². The third kappa shape index (κ3) is 3.43. The van der Waals surface area contributed by atoms with Crippen LogP contribution < -0.4 is 15.6 Å². The van der Waals surface area contributed by atoms with Gasteiger partial charge in [-0.2, -0.15) is 0 Å². The number of rotatable bonds is 4. The Morgan fingerprint density at radius 2 is 1.67 bits per heavy atom. The lowest BCUT2D eigenvalue weighted by Crippen LogP contribution is -2.15. The van der Waals surface area contributed by atoms with Gasteiger partial charge in [0.2, 0.25) is 5.95 Å². The van der Waals surface area contributed by atoms with Gasteiger partial charge in [-0.15, -0.1) is 10.2 Å². The van der Waals surface area contributed by atoms with Gasteiger partial charge in [0.25, 0.3) is 5.56 Å². The predicted octanol–water partition coefficient (Wildman–Crippen LogP) is 3.20. The Hall–Kier alpha value is -3.15.